The molecule has 0 radical (unpaired) electrons. The molecule has 1 amide bonds. The maximum absolute atomic E-state index is 11.3. The van der Waals surface area contributed by atoms with Gasteiger partial charge in [-0.2, -0.15) is 0 Å². The molecule has 1 atom stereocenters. The van der Waals surface area contributed by atoms with E-state index in [1.807, 2.05) is 13.0 Å². The van der Waals surface area contributed by atoms with Gasteiger partial charge in [-0.15, -0.1) is 0 Å². The molecule has 0 spiro atoms. The normalized spacial score (nSPS) is 12.6. The number of H-pyrrole nitrogens is 1. The molecule has 16 heavy (non-hydrogen) atoms. The lowest BCUT2D eigenvalue weighted by atomic mass is 10.2. The highest BCUT2D eigenvalue weighted by molar-refractivity contribution is 5.73. The average molecular weight is 220 g/mol. The fourth-order valence-electron chi connectivity index (χ4n) is 1.36. The highest BCUT2D eigenvalue weighted by Crippen LogP contribution is 1.97. The van der Waals surface area contributed by atoms with E-state index in [9.17, 15) is 9.59 Å². The molecule has 4 nitrogen and oxygen atoms in total. The second kappa shape index (κ2) is 5.90. The first-order valence-electron chi connectivity index (χ1n) is 5.20. The van der Waals surface area contributed by atoms with Crippen molar-refractivity contribution >= 4 is 12.0 Å². The number of aromatic amines is 1. The van der Waals surface area contributed by atoms with Crippen LogP contribution in [0.4, 0.5) is 0 Å². The summed E-state index contributed by atoms with van der Waals surface area (Å²) in [5.41, 5.74) is 0.611. The van der Waals surface area contributed by atoms with Gasteiger partial charge in [-0.05, 0) is 13.3 Å². The number of pyridine rings is 1. The van der Waals surface area contributed by atoms with Gasteiger partial charge in [-0.25, -0.2) is 0 Å². The molecule has 0 aromatic carbocycles. The molecule has 0 saturated heterocycles. The molecule has 0 saturated carbocycles. The Kier molecular flexibility index (Phi) is 4.51. The Hall–Kier alpha value is -1.84. The SMILES string of the molecule is CC(=O)NC(C)C/C=C/c1c[nH]ccc1=O. The summed E-state index contributed by atoms with van der Waals surface area (Å²) < 4.78 is 0. The molecule has 0 aliphatic heterocycles. The van der Waals surface area contributed by atoms with Crippen molar-refractivity contribution in [1.82, 2.24) is 10.3 Å². The zero-order valence-corrected chi connectivity index (χ0v) is 9.49. The molecular formula is C12H16N2O2. The van der Waals surface area contributed by atoms with Crippen LogP contribution in [0.15, 0.2) is 29.3 Å². The van der Waals surface area contributed by atoms with Gasteiger partial charge >= 0.3 is 0 Å². The lowest BCUT2D eigenvalue weighted by Gasteiger charge is -2.08. The summed E-state index contributed by atoms with van der Waals surface area (Å²) in [6.07, 6.45) is 7.59. The van der Waals surface area contributed by atoms with Crippen LogP contribution in [0.25, 0.3) is 6.08 Å². The summed E-state index contributed by atoms with van der Waals surface area (Å²) in [5.74, 6) is -0.0431. The Morgan fingerprint density at radius 2 is 2.38 bits per heavy atom. The van der Waals surface area contributed by atoms with Gasteiger partial charge in [0.25, 0.3) is 0 Å². The van der Waals surface area contributed by atoms with E-state index in [1.54, 1.807) is 18.5 Å². The molecular weight excluding hydrogens is 204 g/mol. The number of carbonyl (C=O) groups excluding carboxylic acids is 1. The molecule has 0 fully saturated rings. The first kappa shape index (κ1) is 12.2. The molecule has 1 rings (SSSR count). The van der Waals surface area contributed by atoms with Crippen LogP contribution in [-0.4, -0.2) is 16.9 Å². The van der Waals surface area contributed by atoms with Crippen molar-refractivity contribution in [2.45, 2.75) is 26.3 Å². The summed E-state index contributed by atoms with van der Waals surface area (Å²) in [4.78, 5) is 24.9. The van der Waals surface area contributed by atoms with Crippen LogP contribution >= 0.6 is 0 Å². The Morgan fingerprint density at radius 1 is 1.62 bits per heavy atom. The van der Waals surface area contributed by atoms with E-state index in [0.29, 0.717) is 12.0 Å². The Labute approximate surface area is 94.4 Å². The minimum atomic E-state index is -0.0431. The molecule has 1 unspecified atom stereocenters. The monoisotopic (exact) mass is 220 g/mol. The molecule has 1 aromatic heterocycles. The fourth-order valence-corrected chi connectivity index (χ4v) is 1.36. The van der Waals surface area contributed by atoms with Crippen molar-refractivity contribution < 1.29 is 4.79 Å². The Morgan fingerprint density at radius 3 is 3.00 bits per heavy atom. The number of hydrogen-bond donors (Lipinski definition) is 2. The zero-order valence-electron chi connectivity index (χ0n) is 9.49. The van der Waals surface area contributed by atoms with Crippen LogP contribution in [0, 0.1) is 0 Å². The predicted molar refractivity (Wildman–Crippen MR) is 64.0 cm³/mol. The van der Waals surface area contributed by atoms with Gasteiger partial charge in [-0.3, -0.25) is 9.59 Å². The third kappa shape index (κ3) is 4.13. The number of hydrogen-bond acceptors (Lipinski definition) is 2. The van der Waals surface area contributed by atoms with Crippen molar-refractivity contribution in [1.29, 1.82) is 0 Å². The summed E-state index contributed by atoms with van der Waals surface area (Å²) >= 11 is 0. The number of nitrogens with one attached hydrogen (secondary N) is 2. The standard InChI is InChI=1S/C12H16N2O2/c1-9(14-10(2)15)4-3-5-11-8-13-7-6-12(11)16/h3,5-9H,4H2,1-2H3,(H,13,16)(H,14,15)/b5-3+. The van der Waals surface area contributed by atoms with E-state index in [1.165, 1.54) is 13.0 Å². The lowest BCUT2D eigenvalue weighted by Crippen LogP contribution is -2.29. The van der Waals surface area contributed by atoms with Crippen LogP contribution in [0.2, 0.25) is 0 Å². The average Bonchev–Trinajstić information content (AvgIpc) is 2.19. The second-order valence-corrected chi connectivity index (χ2v) is 3.70. The summed E-state index contributed by atoms with van der Waals surface area (Å²) in [6, 6.07) is 1.56. The van der Waals surface area contributed by atoms with E-state index in [0.717, 1.165) is 0 Å². The van der Waals surface area contributed by atoms with Crippen molar-refractivity contribution in [3.63, 3.8) is 0 Å². The summed E-state index contributed by atoms with van der Waals surface area (Å²) in [7, 11) is 0. The molecule has 1 aromatic rings. The number of carbonyl (C=O) groups is 1. The van der Waals surface area contributed by atoms with Crippen molar-refractivity contribution in [2.24, 2.45) is 0 Å². The first-order valence-corrected chi connectivity index (χ1v) is 5.20. The largest absolute Gasteiger partial charge is 0.367 e. The second-order valence-electron chi connectivity index (χ2n) is 3.70. The van der Waals surface area contributed by atoms with Gasteiger partial charge < -0.3 is 10.3 Å². The van der Waals surface area contributed by atoms with Gasteiger partial charge in [0.05, 0.1) is 0 Å². The molecule has 0 bridgehead atoms. The number of rotatable bonds is 4. The van der Waals surface area contributed by atoms with E-state index < -0.39 is 0 Å². The maximum Gasteiger partial charge on any atom is 0.217 e. The van der Waals surface area contributed by atoms with Crippen molar-refractivity contribution in [2.75, 3.05) is 0 Å². The maximum atomic E-state index is 11.3. The van der Waals surface area contributed by atoms with Gasteiger partial charge in [0.15, 0.2) is 5.43 Å². The minimum Gasteiger partial charge on any atom is -0.367 e. The molecule has 0 aliphatic carbocycles. The molecule has 4 heteroatoms. The molecule has 2 N–H and O–H groups in total. The number of amides is 1. The van der Waals surface area contributed by atoms with Crippen LogP contribution in [0.1, 0.15) is 25.8 Å². The van der Waals surface area contributed by atoms with E-state index >= 15 is 0 Å². The zero-order chi connectivity index (χ0) is 12.0. The summed E-state index contributed by atoms with van der Waals surface area (Å²) in [5, 5.41) is 2.77. The fraction of sp³-hybridized carbons (Fsp3) is 0.333. The number of aromatic nitrogens is 1. The van der Waals surface area contributed by atoms with E-state index in [2.05, 4.69) is 10.3 Å². The van der Waals surface area contributed by atoms with Gasteiger partial charge in [0.1, 0.15) is 0 Å². The van der Waals surface area contributed by atoms with E-state index in [4.69, 9.17) is 0 Å². The van der Waals surface area contributed by atoms with Crippen molar-refractivity contribution in [3.05, 3.63) is 40.3 Å². The first-order chi connectivity index (χ1) is 7.59. The highest BCUT2D eigenvalue weighted by Gasteiger charge is 1.99. The topological polar surface area (TPSA) is 62.0 Å². The Balaban J connectivity index is 2.52. The molecule has 86 valence electrons. The molecule has 1 heterocycles. The smallest absolute Gasteiger partial charge is 0.217 e. The lowest BCUT2D eigenvalue weighted by molar-refractivity contribution is -0.119. The summed E-state index contributed by atoms with van der Waals surface area (Å²) in [6.45, 7) is 3.41. The van der Waals surface area contributed by atoms with Crippen molar-refractivity contribution in [3.8, 4) is 0 Å². The van der Waals surface area contributed by atoms with Gasteiger partial charge in [0, 0.05) is 37.0 Å². The van der Waals surface area contributed by atoms with Gasteiger partial charge in [0.2, 0.25) is 5.91 Å². The Bertz CT molecular complexity index is 435. The predicted octanol–water partition coefficient (Wildman–Crippen LogP) is 1.30. The third-order valence-electron chi connectivity index (χ3n) is 2.09. The van der Waals surface area contributed by atoms with Crippen LogP contribution in [0.5, 0.6) is 0 Å². The minimum absolute atomic E-state index is 0.0119. The van der Waals surface area contributed by atoms with Crippen LogP contribution < -0.4 is 10.7 Å². The van der Waals surface area contributed by atoms with Crippen LogP contribution in [-0.2, 0) is 4.79 Å². The highest BCUT2D eigenvalue weighted by atomic mass is 16.1. The molecule has 0 aliphatic rings. The van der Waals surface area contributed by atoms with Gasteiger partial charge in [-0.1, -0.05) is 12.2 Å². The van der Waals surface area contributed by atoms with E-state index in [-0.39, 0.29) is 17.4 Å². The van der Waals surface area contributed by atoms with Crippen LogP contribution in [0.3, 0.4) is 0 Å². The third-order valence-corrected chi connectivity index (χ3v) is 2.09. The quantitative estimate of drug-likeness (QED) is 0.803.